The molecule has 1 aromatic rings. The number of piperazine rings is 1. The van der Waals surface area contributed by atoms with E-state index in [1.165, 1.54) is 11.3 Å². The number of ether oxygens (including phenoxy) is 1. The molecule has 0 saturated carbocycles. The van der Waals surface area contributed by atoms with Gasteiger partial charge in [-0.3, -0.25) is 4.90 Å². The third kappa shape index (κ3) is 4.33. The lowest BCUT2D eigenvalue weighted by atomic mass is 10.1. The lowest BCUT2D eigenvalue weighted by molar-refractivity contribution is 0.188. The molecule has 0 spiro atoms. The molecule has 1 saturated heterocycles. The van der Waals surface area contributed by atoms with Crippen LogP contribution in [0.15, 0.2) is 18.2 Å². The summed E-state index contributed by atoms with van der Waals surface area (Å²) in [5.74, 6) is 0.973. The van der Waals surface area contributed by atoms with Crippen molar-refractivity contribution in [2.75, 3.05) is 57.9 Å². The van der Waals surface area contributed by atoms with Gasteiger partial charge in [0, 0.05) is 39.3 Å². The number of nitrogens with zero attached hydrogens (tertiary/aromatic N) is 2. The summed E-state index contributed by atoms with van der Waals surface area (Å²) < 4.78 is 5.83. The van der Waals surface area contributed by atoms with Crippen LogP contribution in [0.25, 0.3) is 0 Å². The average Bonchev–Trinajstić information content (AvgIpc) is 2.50. The topological polar surface area (TPSA) is 48.0 Å². The fourth-order valence-electron chi connectivity index (χ4n) is 2.76. The molecule has 0 aliphatic carbocycles. The maximum atomic E-state index is 9.02. The minimum atomic E-state index is 0.239. The minimum absolute atomic E-state index is 0.239. The fraction of sp³-hybridized carbons (Fsp3) is 0.625. The number of aliphatic hydroxyl groups excluding tert-OH is 1. The van der Waals surface area contributed by atoms with Gasteiger partial charge in [0.25, 0.3) is 0 Å². The van der Waals surface area contributed by atoms with Gasteiger partial charge >= 0.3 is 0 Å². The van der Waals surface area contributed by atoms with Crippen LogP contribution in [-0.2, 0) is 6.54 Å². The van der Waals surface area contributed by atoms with E-state index in [-0.39, 0.29) is 6.61 Å². The van der Waals surface area contributed by atoms with Gasteiger partial charge in [0.05, 0.1) is 18.9 Å². The first-order valence-corrected chi connectivity index (χ1v) is 7.77. The van der Waals surface area contributed by atoms with Crippen molar-refractivity contribution in [3.05, 3.63) is 23.8 Å². The molecular formula is C16H27N3O2. The molecule has 5 heteroatoms. The van der Waals surface area contributed by atoms with Gasteiger partial charge < -0.3 is 20.1 Å². The number of hydrogen-bond acceptors (Lipinski definition) is 5. The monoisotopic (exact) mass is 293 g/mol. The van der Waals surface area contributed by atoms with Gasteiger partial charge in [0.1, 0.15) is 5.75 Å². The van der Waals surface area contributed by atoms with Crippen molar-refractivity contribution in [3.63, 3.8) is 0 Å². The molecule has 0 atom stereocenters. The molecule has 1 heterocycles. The van der Waals surface area contributed by atoms with Crippen molar-refractivity contribution in [2.45, 2.75) is 13.5 Å². The average molecular weight is 293 g/mol. The molecule has 1 fully saturated rings. The van der Waals surface area contributed by atoms with Gasteiger partial charge in [-0.05, 0) is 31.7 Å². The van der Waals surface area contributed by atoms with Crippen LogP contribution >= 0.6 is 0 Å². The number of hydrogen-bond donors (Lipinski definition) is 2. The Morgan fingerprint density at radius 2 is 2.00 bits per heavy atom. The molecule has 1 aliphatic rings. The van der Waals surface area contributed by atoms with E-state index in [9.17, 15) is 0 Å². The summed E-state index contributed by atoms with van der Waals surface area (Å²) in [6.07, 6.45) is 0. The maximum Gasteiger partial charge on any atom is 0.142 e. The molecule has 5 nitrogen and oxygen atoms in total. The van der Waals surface area contributed by atoms with Crippen LogP contribution in [0.3, 0.4) is 0 Å². The Labute approximate surface area is 127 Å². The summed E-state index contributed by atoms with van der Waals surface area (Å²) in [5.41, 5.74) is 2.42. The van der Waals surface area contributed by atoms with Gasteiger partial charge in [-0.1, -0.05) is 6.07 Å². The standard InChI is InChI=1S/C16H27N3O2/c1-3-21-16-12-14(13-17-2)4-5-15(16)19-8-6-18(7-9-19)10-11-20/h4-5,12,17,20H,3,6-11,13H2,1-2H3. The third-order valence-electron chi connectivity index (χ3n) is 3.83. The zero-order chi connectivity index (χ0) is 15.1. The molecule has 118 valence electrons. The van der Waals surface area contributed by atoms with E-state index in [1.807, 2.05) is 14.0 Å². The number of benzene rings is 1. The van der Waals surface area contributed by atoms with Crippen molar-refractivity contribution < 1.29 is 9.84 Å². The minimum Gasteiger partial charge on any atom is -0.492 e. The maximum absolute atomic E-state index is 9.02. The molecule has 21 heavy (non-hydrogen) atoms. The molecule has 0 bridgehead atoms. The van der Waals surface area contributed by atoms with E-state index in [4.69, 9.17) is 9.84 Å². The first kappa shape index (κ1) is 16.1. The highest BCUT2D eigenvalue weighted by atomic mass is 16.5. The predicted octanol–water partition coefficient (Wildman–Crippen LogP) is 0.919. The van der Waals surface area contributed by atoms with Gasteiger partial charge in [0.2, 0.25) is 0 Å². The first-order valence-electron chi connectivity index (χ1n) is 7.77. The second-order valence-electron chi connectivity index (χ2n) is 5.32. The van der Waals surface area contributed by atoms with Gasteiger partial charge in [0.15, 0.2) is 0 Å². The smallest absolute Gasteiger partial charge is 0.142 e. The molecule has 0 unspecified atom stereocenters. The van der Waals surface area contributed by atoms with E-state index in [0.717, 1.165) is 45.0 Å². The van der Waals surface area contributed by atoms with Crippen molar-refractivity contribution in [2.24, 2.45) is 0 Å². The molecule has 1 aromatic carbocycles. The number of aliphatic hydroxyl groups is 1. The Morgan fingerprint density at radius 1 is 1.24 bits per heavy atom. The molecule has 2 rings (SSSR count). The summed E-state index contributed by atoms with van der Waals surface area (Å²) in [7, 11) is 1.95. The predicted molar refractivity (Wildman–Crippen MR) is 86.1 cm³/mol. The Morgan fingerprint density at radius 3 is 2.62 bits per heavy atom. The van der Waals surface area contributed by atoms with Crippen LogP contribution in [-0.4, -0.2) is 63.0 Å². The summed E-state index contributed by atoms with van der Waals surface area (Å²) >= 11 is 0. The molecule has 2 N–H and O–H groups in total. The Balaban J connectivity index is 2.08. The van der Waals surface area contributed by atoms with Crippen molar-refractivity contribution >= 4 is 5.69 Å². The van der Waals surface area contributed by atoms with E-state index < -0.39 is 0 Å². The van der Waals surface area contributed by atoms with Crippen LogP contribution in [0.1, 0.15) is 12.5 Å². The third-order valence-corrected chi connectivity index (χ3v) is 3.83. The second-order valence-corrected chi connectivity index (χ2v) is 5.32. The van der Waals surface area contributed by atoms with Crippen molar-refractivity contribution in [1.82, 2.24) is 10.2 Å². The summed E-state index contributed by atoms with van der Waals surface area (Å²) in [5, 5.41) is 12.2. The SMILES string of the molecule is CCOc1cc(CNC)ccc1N1CCN(CCO)CC1. The summed E-state index contributed by atoms with van der Waals surface area (Å²) in [6.45, 7) is 8.50. The summed E-state index contributed by atoms with van der Waals surface area (Å²) in [6, 6.07) is 6.46. The molecular weight excluding hydrogens is 266 g/mol. The van der Waals surface area contributed by atoms with Crippen LogP contribution in [0.2, 0.25) is 0 Å². The number of β-amino-alcohol motifs (C(OH)–C–C–N with tert-alkyl or cyclic N) is 1. The van der Waals surface area contributed by atoms with E-state index in [1.54, 1.807) is 0 Å². The normalized spacial score (nSPS) is 16.2. The second kappa shape index (κ2) is 8.22. The van der Waals surface area contributed by atoms with Gasteiger partial charge in [-0.2, -0.15) is 0 Å². The Hall–Kier alpha value is -1.30. The number of rotatable bonds is 7. The quantitative estimate of drug-likeness (QED) is 0.783. The largest absolute Gasteiger partial charge is 0.492 e. The lowest BCUT2D eigenvalue weighted by Gasteiger charge is -2.36. The van der Waals surface area contributed by atoms with Crippen LogP contribution in [0, 0.1) is 0 Å². The molecule has 1 aliphatic heterocycles. The lowest BCUT2D eigenvalue weighted by Crippen LogP contribution is -2.47. The van der Waals surface area contributed by atoms with E-state index in [0.29, 0.717) is 6.61 Å². The highest BCUT2D eigenvalue weighted by Crippen LogP contribution is 2.30. The number of anilines is 1. The van der Waals surface area contributed by atoms with Crippen LogP contribution in [0.5, 0.6) is 5.75 Å². The van der Waals surface area contributed by atoms with Gasteiger partial charge in [-0.15, -0.1) is 0 Å². The Bertz CT molecular complexity index is 432. The molecule has 0 radical (unpaired) electrons. The van der Waals surface area contributed by atoms with Crippen molar-refractivity contribution in [3.8, 4) is 5.75 Å². The van der Waals surface area contributed by atoms with E-state index >= 15 is 0 Å². The highest BCUT2D eigenvalue weighted by Gasteiger charge is 2.19. The zero-order valence-corrected chi connectivity index (χ0v) is 13.1. The fourth-order valence-corrected chi connectivity index (χ4v) is 2.76. The zero-order valence-electron chi connectivity index (χ0n) is 13.1. The van der Waals surface area contributed by atoms with Crippen LogP contribution in [0.4, 0.5) is 5.69 Å². The molecule has 0 amide bonds. The van der Waals surface area contributed by atoms with Crippen LogP contribution < -0.4 is 15.0 Å². The first-order chi connectivity index (χ1) is 10.3. The number of nitrogens with one attached hydrogen (secondary N) is 1. The highest BCUT2D eigenvalue weighted by molar-refractivity contribution is 5.60. The molecule has 0 aromatic heterocycles. The van der Waals surface area contributed by atoms with E-state index in [2.05, 4.69) is 33.3 Å². The van der Waals surface area contributed by atoms with Crippen molar-refractivity contribution in [1.29, 1.82) is 0 Å². The Kier molecular flexibility index (Phi) is 6.29. The summed E-state index contributed by atoms with van der Waals surface area (Å²) in [4.78, 5) is 4.67. The van der Waals surface area contributed by atoms with Gasteiger partial charge in [-0.25, -0.2) is 0 Å².